The Morgan fingerprint density at radius 1 is 1.24 bits per heavy atom. The molecule has 1 N–H and O–H groups in total. The van der Waals surface area contributed by atoms with Gasteiger partial charge in [0.15, 0.2) is 0 Å². The minimum atomic E-state index is -0.853. The van der Waals surface area contributed by atoms with Gasteiger partial charge in [-0.1, -0.05) is 12.1 Å². The van der Waals surface area contributed by atoms with E-state index in [4.69, 9.17) is 4.74 Å². The molecule has 90 valence electrons. The van der Waals surface area contributed by atoms with E-state index in [2.05, 4.69) is 4.90 Å². The van der Waals surface area contributed by atoms with Crippen LogP contribution in [-0.2, 0) is 4.74 Å². The van der Waals surface area contributed by atoms with Crippen LogP contribution in [0, 0.1) is 11.8 Å². The number of hydrogen-bond donors (Lipinski definition) is 1. The first kappa shape index (κ1) is 10.6. The van der Waals surface area contributed by atoms with Gasteiger partial charge >= 0.3 is 5.97 Å². The molecular weight excluding hydrogens is 218 g/mol. The fraction of sp³-hybridized carbons (Fsp3) is 0.462. The zero-order chi connectivity index (χ0) is 11.8. The molecule has 1 aromatic carbocycles. The molecule has 0 spiro atoms. The molecule has 2 fully saturated rings. The molecule has 0 radical (unpaired) electrons. The van der Waals surface area contributed by atoms with Crippen molar-refractivity contribution in [3.63, 3.8) is 0 Å². The van der Waals surface area contributed by atoms with Crippen LogP contribution in [-0.4, -0.2) is 37.4 Å². The molecule has 2 aliphatic rings. The number of carboxylic acids is 1. The van der Waals surface area contributed by atoms with Crippen molar-refractivity contribution in [3.05, 3.63) is 29.8 Å². The molecule has 17 heavy (non-hydrogen) atoms. The van der Waals surface area contributed by atoms with E-state index >= 15 is 0 Å². The number of aromatic carboxylic acids is 1. The van der Waals surface area contributed by atoms with Crippen LogP contribution in [0.15, 0.2) is 24.3 Å². The molecule has 2 atom stereocenters. The number of carboxylic acid groups (broad SMARTS) is 1. The molecule has 0 amide bonds. The van der Waals surface area contributed by atoms with E-state index in [1.165, 1.54) is 0 Å². The predicted molar refractivity (Wildman–Crippen MR) is 63.4 cm³/mol. The third-order valence-corrected chi connectivity index (χ3v) is 3.72. The highest BCUT2D eigenvalue weighted by molar-refractivity contribution is 5.94. The van der Waals surface area contributed by atoms with Gasteiger partial charge < -0.3 is 14.7 Å². The average molecular weight is 233 g/mol. The highest BCUT2D eigenvalue weighted by Gasteiger charge is 2.37. The number of rotatable bonds is 2. The zero-order valence-corrected chi connectivity index (χ0v) is 9.50. The Labute approximate surface area is 99.8 Å². The second kappa shape index (κ2) is 4.04. The summed E-state index contributed by atoms with van der Waals surface area (Å²) in [6.45, 7) is 3.46. The maximum Gasteiger partial charge on any atom is 0.337 e. The van der Waals surface area contributed by atoms with E-state index in [1.807, 2.05) is 12.1 Å². The second-order valence-corrected chi connectivity index (χ2v) is 4.78. The van der Waals surface area contributed by atoms with Crippen molar-refractivity contribution in [1.29, 1.82) is 0 Å². The number of para-hydroxylation sites is 1. The summed E-state index contributed by atoms with van der Waals surface area (Å²) in [5, 5.41) is 9.18. The quantitative estimate of drug-likeness (QED) is 0.840. The van der Waals surface area contributed by atoms with Gasteiger partial charge in [-0.05, 0) is 12.1 Å². The molecule has 4 nitrogen and oxygen atoms in total. The summed E-state index contributed by atoms with van der Waals surface area (Å²) < 4.78 is 5.43. The lowest BCUT2D eigenvalue weighted by Gasteiger charge is -2.21. The Bertz CT molecular complexity index is 434. The number of nitrogens with zero attached hydrogens (tertiary/aromatic N) is 1. The molecule has 2 saturated heterocycles. The standard InChI is InChI=1S/C13H15NO3/c15-13(16)11-3-1-2-4-12(11)14-5-9-7-17-8-10(9)6-14/h1-4,9-10H,5-8H2,(H,15,16)/t9-,10+. The molecule has 4 heteroatoms. The lowest BCUT2D eigenvalue weighted by atomic mass is 10.0. The fourth-order valence-electron chi connectivity index (χ4n) is 2.81. The summed E-state index contributed by atoms with van der Waals surface area (Å²) >= 11 is 0. The van der Waals surface area contributed by atoms with Gasteiger partial charge in [-0.2, -0.15) is 0 Å². The van der Waals surface area contributed by atoms with Gasteiger partial charge in [0, 0.05) is 24.9 Å². The average Bonchev–Trinajstić information content (AvgIpc) is 2.88. The Morgan fingerprint density at radius 2 is 1.88 bits per heavy atom. The number of benzene rings is 1. The van der Waals surface area contributed by atoms with Crippen LogP contribution < -0.4 is 4.90 Å². The third kappa shape index (κ3) is 1.78. The normalized spacial score (nSPS) is 27.2. The summed E-state index contributed by atoms with van der Waals surface area (Å²) in [7, 11) is 0. The monoisotopic (exact) mass is 233 g/mol. The van der Waals surface area contributed by atoms with Crippen molar-refractivity contribution in [3.8, 4) is 0 Å². The first-order chi connectivity index (χ1) is 8.25. The molecule has 0 saturated carbocycles. The van der Waals surface area contributed by atoms with Crippen LogP contribution in [0.1, 0.15) is 10.4 Å². The number of fused-ring (bicyclic) bond motifs is 1. The summed E-state index contributed by atoms with van der Waals surface area (Å²) in [5.74, 6) is 0.280. The van der Waals surface area contributed by atoms with Gasteiger partial charge in [-0.25, -0.2) is 4.79 Å². The number of carbonyl (C=O) groups is 1. The lowest BCUT2D eigenvalue weighted by Crippen LogP contribution is -2.24. The van der Waals surface area contributed by atoms with Crippen LogP contribution in [0.5, 0.6) is 0 Å². The van der Waals surface area contributed by atoms with Gasteiger partial charge in [-0.15, -0.1) is 0 Å². The maximum absolute atomic E-state index is 11.2. The largest absolute Gasteiger partial charge is 0.478 e. The van der Waals surface area contributed by atoms with Crippen LogP contribution >= 0.6 is 0 Å². The summed E-state index contributed by atoms with van der Waals surface area (Å²) in [6.07, 6.45) is 0. The molecule has 3 rings (SSSR count). The highest BCUT2D eigenvalue weighted by atomic mass is 16.5. The first-order valence-electron chi connectivity index (χ1n) is 5.90. The minimum absolute atomic E-state index is 0.397. The molecule has 2 aliphatic heterocycles. The van der Waals surface area contributed by atoms with Crippen molar-refractivity contribution < 1.29 is 14.6 Å². The summed E-state index contributed by atoms with van der Waals surface area (Å²) in [6, 6.07) is 7.23. The highest BCUT2D eigenvalue weighted by Crippen LogP contribution is 2.33. The van der Waals surface area contributed by atoms with Crippen molar-refractivity contribution in [2.24, 2.45) is 11.8 Å². The van der Waals surface area contributed by atoms with Crippen molar-refractivity contribution in [1.82, 2.24) is 0 Å². The van der Waals surface area contributed by atoms with E-state index < -0.39 is 5.97 Å². The van der Waals surface area contributed by atoms with Crippen molar-refractivity contribution >= 4 is 11.7 Å². The van der Waals surface area contributed by atoms with Gasteiger partial charge in [0.25, 0.3) is 0 Å². The Hall–Kier alpha value is -1.55. The van der Waals surface area contributed by atoms with E-state index in [-0.39, 0.29) is 0 Å². The van der Waals surface area contributed by atoms with E-state index in [0.29, 0.717) is 17.4 Å². The van der Waals surface area contributed by atoms with Gasteiger partial charge in [0.1, 0.15) is 0 Å². The lowest BCUT2D eigenvalue weighted by molar-refractivity contribution is 0.0697. The molecule has 0 bridgehead atoms. The Balaban J connectivity index is 1.88. The van der Waals surface area contributed by atoms with E-state index in [9.17, 15) is 9.90 Å². The molecule has 0 aromatic heterocycles. The topological polar surface area (TPSA) is 49.8 Å². The summed E-state index contributed by atoms with van der Waals surface area (Å²) in [5.41, 5.74) is 1.24. The van der Waals surface area contributed by atoms with Crippen molar-refractivity contribution in [2.75, 3.05) is 31.2 Å². The van der Waals surface area contributed by atoms with Crippen molar-refractivity contribution in [2.45, 2.75) is 0 Å². The molecule has 0 unspecified atom stereocenters. The fourth-order valence-corrected chi connectivity index (χ4v) is 2.81. The van der Waals surface area contributed by atoms with Crippen LogP contribution in [0.4, 0.5) is 5.69 Å². The summed E-state index contributed by atoms with van der Waals surface area (Å²) in [4.78, 5) is 13.4. The third-order valence-electron chi connectivity index (χ3n) is 3.72. The number of ether oxygens (including phenoxy) is 1. The zero-order valence-electron chi connectivity index (χ0n) is 9.50. The molecule has 0 aliphatic carbocycles. The molecule has 2 heterocycles. The van der Waals surface area contributed by atoms with E-state index in [1.54, 1.807) is 12.1 Å². The number of anilines is 1. The maximum atomic E-state index is 11.2. The SMILES string of the molecule is O=C(O)c1ccccc1N1C[C@H]2COC[C@H]2C1. The smallest absolute Gasteiger partial charge is 0.337 e. The van der Waals surface area contributed by atoms with Gasteiger partial charge in [0.2, 0.25) is 0 Å². The van der Waals surface area contributed by atoms with Gasteiger partial charge in [-0.3, -0.25) is 0 Å². The van der Waals surface area contributed by atoms with Crippen LogP contribution in [0.3, 0.4) is 0 Å². The van der Waals surface area contributed by atoms with Crippen LogP contribution in [0.25, 0.3) is 0 Å². The Morgan fingerprint density at radius 3 is 2.53 bits per heavy atom. The Kier molecular flexibility index (Phi) is 2.52. The second-order valence-electron chi connectivity index (χ2n) is 4.78. The van der Waals surface area contributed by atoms with Gasteiger partial charge in [0.05, 0.1) is 24.5 Å². The predicted octanol–water partition coefficient (Wildman–Crippen LogP) is 1.47. The molecule has 1 aromatic rings. The van der Waals surface area contributed by atoms with Crippen LogP contribution in [0.2, 0.25) is 0 Å². The first-order valence-corrected chi connectivity index (χ1v) is 5.90. The number of hydrogen-bond acceptors (Lipinski definition) is 3. The molecular formula is C13H15NO3. The minimum Gasteiger partial charge on any atom is -0.478 e. The van der Waals surface area contributed by atoms with E-state index in [0.717, 1.165) is 32.0 Å².